The Hall–Kier alpha value is -2.36. The monoisotopic (exact) mass is 274 g/mol. The largest absolute Gasteiger partial charge is 0.497 e. The molecule has 104 valence electrons. The predicted octanol–water partition coefficient (Wildman–Crippen LogP) is 3.38. The van der Waals surface area contributed by atoms with Crippen molar-refractivity contribution in [3.8, 4) is 11.5 Å². The van der Waals surface area contributed by atoms with Crippen LogP contribution in [0.3, 0.4) is 0 Å². The number of ether oxygens (including phenoxy) is 2. The van der Waals surface area contributed by atoms with Gasteiger partial charge in [-0.15, -0.1) is 0 Å². The first-order valence-electron chi connectivity index (χ1n) is 6.09. The first kappa shape index (κ1) is 14.1. The van der Waals surface area contributed by atoms with E-state index >= 15 is 0 Å². The number of hydrogen-bond acceptors (Lipinski definition) is 3. The molecule has 0 spiro atoms. The molecule has 0 aliphatic carbocycles. The zero-order valence-corrected chi connectivity index (χ0v) is 11.6. The highest BCUT2D eigenvalue weighted by Crippen LogP contribution is 2.27. The lowest BCUT2D eigenvalue weighted by Crippen LogP contribution is -2.05. The molecule has 0 fully saturated rings. The lowest BCUT2D eigenvalue weighted by Gasteiger charge is -2.10. The average Bonchev–Trinajstić information content (AvgIpc) is 2.48. The first-order chi connectivity index (χ1) is 9.56. The van der Waals surface area contributed by atoms with Crippen molar-refractivity contribution in [2.24, 2.45) is 0 Å². The molecule has 0 heterocycles. The van der Waals surface area contributed by atoms with E-state index in [1.165, 1.54) is 20.3 Å². The summed E-state index contributed by atoms with van der Waals surface area (Å²) in [5, 5.41) is 0. The summed E-state index contributed by atoms with van der Waals surface area (Å²) in [6.07, 6.45) is 0. The van der Waals surface area contributed by atoms with Gasteiger partial charge in [-0.05, 0) is 30.7 Å². The SMILES string of the molecule is COc1ccc(C(=O)c2ccc(C)c(F)c2)c(OC)c1. The van der Waals surface area contributed by atoms with Crippen molar-refractivity contribution in [2.75, 3.05) is 14.2 Å². The van der Waals surface area contributed by atoms with Gasteiger partial charge in [0.1, 0.15) is 17.3 Å². The fourth-order valence-electron chi connectivity index (χ4n) is 1.88. The van der Waals surface area contributed by atoms with Crippen LogP contribution in [0.5, 0.6) is 11.5 Å². The number of carbonyl (C=O) groups excluding carboxylic acids is 1. The zero-order chi connectivity index (χ0) is 14.7. The number of hydrogen-bond donors (Lipinski definition) is 0. The highest BCUT2D eigenvalue weighted by atomic mass is 19.1. The molecule has 0 N–H and O–H groups in total. The van der Waals surface area contributed by atoms with Crippen LogP contribution < -0.4 is 9.47 Å². The Balaban J connectivity index is 2.44. The molecule has 0 atom stereocenters. The Morgan fingerprint density at radius 2 is 1.80 bits per heavy atom. The standard InChI is InChI=1S/C16H15FO3/c1-10-4-5-11(8-14(10)17)16(18)13-7-6-12(19-2)9-15(13)20-3/h4-9H,1-3H3. The number of halogens is 1. The molecule has 0 aliphatic rings. The van der Waals surface area contributed by atoms with Crippen molar-refractivity contribution in [2.45, 2.75) is 6.92 Å². The lowest BCUT2D eigenvalue weighted by molar-refractivity contribution is 0.103. The van der Waals surface area contributed by atoms with Gasteiger partial charge < -0.3 is 9.47 Å². The number of carbonyl (C=O) groups is 1. The van der Waals surface area contributed by atoms with Crippen LogP contribution >= 0.6 is 0 Å². The van der Waals surface area contributed by atoms with Gasteiger partial charge in [-0.25, -0.2) is 4.39 Å². The van der Waals surface area contributed by atoms with Gasteiger partial charge >= 0.3 is 0 Å². The van der Waals surface area contributed by atoms with Crippen molar-refractivity contribution in [3.05, 3.63) is 58.9 Å². The second-order valence-corrected chi connectivity index (χ2v) is 4.36. The van der Waals surface area contributed by atoms with Gasteiger partial charge in [0.2, 0.25) is 0 Å². The van der Waals surface area contributed by atoms with Crippen LogP contribution in [0.15, 0.2) is 36.4 Å². The molecular formula is C16H15FO3. The summed E-state index contributed by atoms with van der Waals surface area (Å²) in [5.74, 6) is 0.301. The molecular weight excluding hydrogens is 259 g/mol. The van der Waals surface area contributed by atoms with E-state index in [2.05, 4.69) is 0 Å². The topological polar surface area (TPSA) is 35.5 Å². The molecule has 0 amide bonds. The predicted molar refractivity (Wildman–Crippen MR) is 74.1 cm³/mol. The van der Waals surface area contributed by atoms with Crippen LogP contribution in [0.2, 0.25) is 0 Å². The van der Waals surface area contributed by atoms with E-state index in [1.54, 1.807) is 37.3 Å². The van der Waals surface area contributed by atoms with Gasteiger partial charge in [-0.1, -0.05) is 12.1 Å². The normalized spacial score (nSPS) is 10.2. The van der Waals surface area contributed by atoms with E-state index in [0.717, 1.165) is 0 Å². The zero-order valence-electron chi connectivity index (χ0n) is 11.6. The van der Waals surface area contributed by atoms with Crippen LogP contribution in [0.25, 0.3) is 0 Å². The van der Waals surface area contributed by atoms with E-state index in [-0.39, 0.29) is 11.3 Å². The highest BCUT2D eigenvalue weighted by molar-refractivity contribution is 6.10. The summed E-state index contributed by atoms with van der Waals surface area (Å²) in [6, 6.07) is 9.32. The minimum Gasteiger partial charge on any atom is -0.497 e. The minimum atomic E-state index is -0.400. The van der Waals surface area contributed by atoms with Crippen LogP contribution in [-0.4, -0.2) is 20.0 Å². The third kappa shape index (κ3) is 2.64. The Kier molecular flexibility index (Phi) is 4.03. The molecule has 2 aromatic rings. The van der Waals surface area contributed by atoms with Gasteiger partial charge in [0, 0.05) is 11.6 Å². The van der Waals surface area contributed by atoms with Gasteiger partial charge in [0.05, 0.1) is 19.8 Å². The molecule has 0 unspecified atom stereocenters. The Morgan fingerprint density at radius 3 is 2.40 bits per heavy atom. The minimum absolute atomic E-state index is 0.288. The third-order valence-electron chi connectivity index (χ3n) is 3.09. The summed E-state index contributed by atoms with van der Waals surface area (Å²) in [6.45, 7) is 1.65. The molecule has 0 radical (unpaired) electrons. The molecule has 0 saturated heterocycles. The smallest absolute Gasteiger partial charge is 0.196 e. The molecule has 3 nitrogen and oxygen atoms in total. The van der Waals surface area contributed by atoms with E-state index in [1.807, 2.05) is 0 Å². The summed E-state index contributed by atoms with van der Waals surface area (Å²) in [5.41, 5.74) is 1.16. The van der Waals surface area contributed by atoms with Crippen LogP contribution in [0, 0.1) is 12.7 Å². The fraction of sp³-hybridized carbons (Fsp3) is 0.188. The van der Waals surface area contributed by atoms with E-state index in [9.17, 15) is 9.18 Å². The summed E-state index contributed by atoms with van der Waals surface area (Å²) < 4.78 is 23.8. The van der Waals surface area contributed by atoms with Crippen LogP contribution in [-0.2, 0) is 0 Å². The van der Waals surface area contributed by atoms with Crippen molar-refractivity contribution in [3.63, 3.8) is 0 Å². The van der Waals surface area contributed by atoms with Gasteiger partial charge in [-0.3, -0.25) is 4.79 Å². The maximum atomic E-state index is 13.6. The average molecular weight is 274 g/mol. The Morgan fingerprint density at radius 1 is 1.05 bits per heavy atom. The molecule has 0 bridgehead atoms. The summed E-state index contributed by atoms with van der Waals surface area (Å²) in [7, 11) is 3.01. The first-order valence-corrected chi connectivity index (χ1v) is 6.09. The Bertz CT molecular complexity index is 650. The van der Waals surface area contributed by atoms with Crippen LogP contribution in [0.1, 0.15) is 21.5 Å². The van der Waals surface area contributed by atoms with E-state index in [4.69, 9.17) is 9.47 Å². The fourth-order valence-corrected chi connectivity index (χ4v) is 1.88. The second-order valence-electron chi connectivity index (χ2n) is 4.36. The molecule has 0 aliphatic heterocycles. The summed E-state index contributed by atoms with van der Waals surface area (Å²) >= 11 is 0. The quantitative estimate of drug-likeness (QED) is 0.802. The van der Waals surface area contributed by atoms with Crippen LogP contribution in [0.4, 0.5) is 4.39 Å². The molecule has 0 aromatic heterocycles. The van der Waals surface area contributed by atoms with Gasteiger partial charge in [0.15, 0.2) is 5.78 Å². The van der Waals surface area contributed by atoms with Gasteiger partial charge in [0.25, 0.3) is 0 Å². The maximum Gasteiger partial charge on any atom is 0.196 e. The molecule has 2 rings (SSSR count). The van der Waals surface area contributed by atoms with Crippen molar-refractivity contribution >= 4 is 5.78 Å². The van der Waals surface area contributed by atoms with Gasteiger partial charge in [-0.2, -0.15) is 0 Å². The van der Waals surface area contributed by atoms with Crippen molar-refractivity contribution < 1.29 is 18.7 Å². The number of benzene rings is 2. The van der Waals surface area contributed by atoms with Crippen molar-refractivity contribution in [1.29, 1.82) is 0 Å². The Labute approximate surface area is 117 Å². The third-order valence-corrected chi connectivity index (χ3v) is 3.09. The highest BCUT2D eigenvalue weighted by Gasteiger charge is 2.16. The molecule has 2 aromatic carbocycles. The van der Waals surface area contributed by atoms with E-state index < -0.39 is 5.82 Å². The van der Waals surface area contributed by atoms with E-state index in [0.29, 0.717) is 22.6 Å². The number of aryl methyl sites for hydroxylation is 1. The number of rotatable bonds is 4. The second kappa shape index (κ2) is 5.74. The number of ketones is 1. The maximum absolute atomic E-state index is 13.6. The molecule has 20 heavy (non-hydrogen) atoms. The van der Waals surface area contributed by atoms with Crippen molar-refractivity contribution in [1.82, 2.24) is 0 Å². The number of methoxy groups -OCH3 is 2. The molecule has 0 saturated carbocycles. The lowest BCUT2D eigenvalue weighted by atomic mass is 10.0. The molecule has 4 heteroatoms. The summed E-state index contributed by atoms with van der Waals surface area (Å²) in [4.78, 5) is 12.4.